The largest absolute Gasteiger partial charge is 0.494 e. The van der Waals surface area contributed by atoms with Gasteiger partial charge in [0.15, 0.2) is 11.6 Å². The van der Waals surface area contributed by atoms with Crippen molar-refractivity contribution >= 4 is 5.69 Å². The van der Waals surface area contributed by atoms with E-state index in [1.165, 1.54) is 13.2 Å². The molecule has 1 heterocycles. The van der Waals surface area contributed by atoms with E-state index in [0.29, 0.717) is 6.04 Å². The van der Waals surface area contributed by atoms with Gasteiger partial charge < -0.3 is 14.8 Å². The first-order valence-electron chi connectivity index (χ1n) is 5.47. The third-order valence-corrected chi connectivity index (χ3v) is 2.74. The molecule has 4 heteroatoms. The lowest BCUT2D eigenvalue weighted by Crippen LogP contribution is -2.27. The average Bonchev–Trinajstić information content (AvgIpc) is 2.33. The SMILES string of the molecule is COc1cc(NC2CCOCC2)ccc1F. The van der Waals surface area contributed by atoms with Crippen LogP contribution in [0, 0.1) is 5.82 Å². The Morgan fingerprint density at radius 2 is 2.12 bits per heavy atom. The highest BCUT2D eigenvalue weighted by Crippen LogP contribution is 2.23. The molecule has 0 aliphatic carbocycles. The van der Waals surface area contributed by atoms with Crippen molar-refractivity contribution in [1.82, 2.24) is 0 Å². The van der Waals surface area contributed by atoms with Gasteiger partial charge in [-0.05, 0) is 25.0 Å². The Morgan fingerprint density at radius 3 is 2.81 bits per heavy atom. The van der Waals surface area contributed by atoms with Gasteiger partial charge in [0.1, 0.15) is 0 Å². The molecule has 1 aliphatic heterocycles. The Morgan fingerprint density at radius 1 is 1.38 bits per heavy atom. The van der Waals surface area contributed by atoms with Crippen LogP contribution in [0.4, 0.5) is 10.1 Å². The minimum absolute atomic E-state index is 0.275. The van der Waals surface area contributed by atoms with Crippen molar-refractivity contribution in [2.75, 3.05) is 25.6 Å². The van der Waals surface area contributed by atoms with Gasteiger partial charge in [0.25, 0.3) is 0 Å². The summed E-state index contributed by atoms with van der Waals surface area (Å²) in [6, 6.07) is 5.24. The van der Waals surface area contributed by atoms with Gasteiger partial charge in [-0.2, -0.15) is 0 Å². The van der Waals surface area contributed by atoms with E-state index < -0.39 is 0 Å². The van der Waals surface area contributed by atoms with E-state index in [4.69, 9.17) is 9.47 Å². The molecule has 1 aromatic carbocycles. The van der Waals surface area contributed by atoms with E-state index in [1.54, 1.807) is 12.1 Å². The first-order chi connectivity index (χ1) is 7.79. The number of halogens is 1. The lowest BCUT2D eigenvalue weighted by molar-refractivity contribution is 0.0904. The molecule has 0 atom stereocenters. The molecular formula is C12H16FNO2. The van der Waals surface area contributed by atoms with Crippen molar-refractivity contribution in [2.45, 2.75) is 18.9 Å². The summed E-state index contributed by atoms with van der Waals surface area (Å²) in [5.41, 5.74) is 0.894. The van der Waals surface area contributed by atoms with E-state index >= 15 is 0 Å². The number of ether oxygens (including phenoxy) is 2. The van der Waals surface area contributed by atoms with Crippen LogP contribution in [-0.2, 0) is 4.74 Å². The minimum Gasteiger partial charge on any atom is -0.494 e. The standard InChI is InChI=1S/C12H16FNO2/c1-15-12-8-10(2-3-11(12)13)14-9-4-6-16-7-5-9/h2-3,8-9,14H,4-7H2,1H3. The van der Waals surface area contributed by atoms with E-state index in [-0.39, 0.29) is 11.6 Å². The molecule has 0 bridgehead atoms. The number of hydrogen-bond donors (Lipinski definition) is 1. The van der Waals surface area contributed by atoms with Crippen LogP contribution in [0.25, 0.3) is 0 Å². The van der Waals surface area contributed by atoms with Gasteiger partial charge >= 0.3 is 0 Å². The second-order valence-corrected chi connectivity index (χ2v) is 3.88. The molecular weight excluding hydrogens is 209 g/mol. The lowest BCUT2D eigenvalue weighted by atomic mass is 10.1. The fourth-order valence-electron chi connectivity index (χ4n) is 1.83. The molecule has 1 saturated heterocycles. The Kier molecular flexibility index (Phi) is 3.62. The molecule has 1 aliphatic rings. The van der Waals surface area contributed by atoms with Crippen LogP contribution in [0.1, 0.15) is 12.8 Å². The third kappa shape index (κ3) is 2.64. The number of benzene rings is 1. The highest BCUT2D eigenvalue weighted by atomic mass is 19.1. The van der Waals surface area contributed by atoms with E-state index in [0.717, 1.165) is 31.7 Å². The van der Waals surface area contributed by atoms with Gasteiger partial charge in [0, 0.05) is 31.0 Å². The van der Waals surface area contributed by atoms with Crippen LogP contribution < -0.4 is 10.1 Å². The maximum atomic E-state index is 13.2. The first kappa shape index (κ1) is 11.2. The van der Waals surface area contributed by atoms with Crippen LogP contribution >= 0.6 is 0 Å². The summed E-state index contributed by atoms with van der Waals surface area (Å²) in [5.74, 6) is -0.0583. The zero-order chi connectivity index (χ0) is 11.4. The normalized spacial score (nSPS) is 17.1. The van der Waals surface area contributed by atoms with E-state index in [9.17, 15) is 4.39 Å². The summed E-state index contributed by atoms with van der Waals surface area (Å²) < 4.78 is 23.4. The van der Waals surface area contributed by atoms with Crippen LogP contribution in [0.3, 0.4) is 0 Å². The molecule has 16 heavy (non-hydrogen) atoms. The predicted octanol–water partition coefficient (Wildman–Crippen LogP) is 2.43. The third-order valence-electron chi connectivity index (χ3n) is 2.74. The highest BCUT2D eigenvalue weighted by Gasteiger charge is 2.14. The van der Waals surface area contributed by atoms with E-state index in [2.05, 4.69) is 5.32 Å². The summed E-state index contributed by atoms with van der Waals surface area (Å²) in [6.07, 6.45) is 1.97. The second kappa shape index (κ2) is 5.16. The summed E-state index contributed by atoms with van der Waals surface area (Å²) in [4.78, 5) is 0. The molecule has 0 unspecified atom stereocenters. The van der Waals surface area contributed by atoms with Gasteiger partial charge in [-0.1, -0.05) is 0 Å². The molecule has 1 aromatic rings. The Bertz CT molecular complexity index is 351. The van der Waals surface area contributed by atoms with Crippen molar-refractivity contribution in [1.29, 1.82) is 0 Å². The average molecular weight is 225 g/mol. The summed E-state index contributed by atoms with van der Waals surface area (Å²) in [5, 5.41) is 3.36. The maximum Gasteiger partial charge on any atom is 0.165 e. The fourth-order valence-corrected chi connectivity index (χ4v) is 1.83. The zero-order valence-corrected chi connectivity index (χ0v) is 9.33. The Hall–Kier alpha value is -1.29. The van der Waals surface area contributed by atoms with Crippen LogP contribution in [0.5, 0.6) is 5.75 Å². The predicted molar refractivity (Wildman–Crippen MR) is 60.4 cm³/mol. The zero-order valence-electron chi connectivity index (χ0n) is 9.33. The van der Waals surface area contributed by atoms with Gasteiger partial charge in [-0.3, -0.25) is 0 Å². The number of nitrogens with one attached hydrogen (secondary N) is 1. The molecule has 0 aromatic heterocycles. The van der Waals surface area contributed by atoms with Crippen molar-refractivity contribution < 1.29 is 13.9 Å². The minimum atomic E-state index is -0.333. The molecule has 1 fully saturated rings. The van der Waals surface area contributed by atoms with Crippen molar-refractivity contribution in [3.63, 3.8) is 0 Å². The number of hydrogen-bond acceptors (Lipinski definition) is 3. The molecule has 0 spiro atoms. The van der Waals surface area contributed by atoms with Gasteiger partial charge in [0.2, 0.25) is 0 Å². The fraction of sp³-hybridized carbons (Fsp3) is 0.500. The maximum absolute atomic E-state index is 13.2. The topological polar surface area (TPSA) is 30.5 Å². The summed E-state index contributed by atoms with van der Waals surface area (Å²) in [7, 11) is 1.47. The van der Waals surface area contributed by atoms with Crippen LogP contribution in [0.2, 0.25) is 0 Å². The van der Waals surface area contributed by atoms with Gasteiger partial charge in [-0.25, -0.2) is 4.39 Å². The molecule has 0 radical (unpaired) electrons. The number of rotatable bonds is 3. The smallest absolute Gasteiger partial charge is 0.165 e. The lowest BCUT2D eigenvalue weighted by Gasteiger charge is -2.24. The second-order valence-electron chi connectivity index (χ2n) is 3.88. The summed E-state index contributed by atoms with van der Waals surface area (Å²) >= 11 is 0. The number of anilines is 1. The highest BCUT2D eigenvalue weighted by molar-refractivity contribution is 5.49. The molecule has 3 nitrogen and oxygen atoms in total. The monoisotopic (exact) mass is 225 g/mol. The van der Waals surface area contributed by atoms with Crippen molar-refractivity contribution in [3.05, 3.63) is 24.0 Å². The molecule has 0 amide bonds. The quantitative estimate of drug-likeness (QED) is 0.857. The Balaban J connectivity index is 2.03. The molecule has 88 valence electrons. The number of methoxy groups -OCH3 is 1. The first-order valence-corrected chi connectivity index (χ1v) is 5.47. The van der Waals surface area contributed by atoms with Crippen molar-refractivity contribution in [3.8, 4) is 5.75 Å². The van der Waals surface area contributed by atoms with Gasteiger partial charge in [0.05, 0.1) is 7.11 Å². The molecule has 1 N–H and O–H groups in total. The van der Waals surface area contributed by atoms with Gasteiger partial charge in [-0.15, -0.1) is 0 Å². The van der Waals surface area contributed by atoms with Crippen molar-refractivity contribution in [2.24, 2.45) is 0 Å². The van der Waals surface area contributed by atoms with E-state index in [1.807, 2.05) is 0 Å². The Labute approximate surface area is 94.6 Å². The molecule has 0 saturated carbocycles. The molecule has 2 rings (SSSR count). The van der Waals surface area contributed by atoms with Crippen LogP contribution in [0.15, 0.2) is 18.2 Å². The van der Waals surface area contributed by atoms with Crippen LogP contribution in [-0.4, -0.2) is 26.4 Å². The summed E-state index contributed by atoms with van der Waals surface area (Å²) in [6.45, 7) is 1.58.